The Morgan fingerprint density at radius 3 is 2.59 bits per heavy atom. The third-order valence-corrected chi connectivity index (χ3v) is 4.32. The Bertz CT molecular complexity index is 942. The molecule has 6 heteroatoms. The second-order valence-corrected chi connectivity index (χ2v) is 6.48. The predicted octanol–water partition coefficient (Wildman–Crippen LogP) is 4.73. The Balaban J connectivity index is 1.65. The number of amides is 1. The number of rotatable bonds is 6. The van der Waals surface area contributed by atoms with E-state index in [0.717, 1.165) is 22.6 Å². The fourth-order valence-electron chi connectivity index (χ4n) is 2.57. The zero-order valence-corrected chi connectivity index (χ0v) is 15.9. The number of halogens is 1. The van der Waals surface area contributed by atoms with Crippen LogP contribution >= 0.6 is 11.6 Å². The van der Waals surface area contributed by atoms with Crippen molar-refractivity contribution in [1.29, 1.82) is 0 Å². The van der Waals surface area contributed by atoms with Crippen molar-refractivity contribution < 1.29 is 9.53 Å². The molecule has 5 nitrogen and oxygen atoms in total. The van der Waals surface area contributed by atoms with Gasteiger partial charge in [-0.1, -0.05) is 23.7 Å². The summed E-state index contributed by atoms with van der Waals surface area (Å²) in [7, 11) is 1.62. The number of hydrogen-bond donors (Lipinski definition) is 2. The van der Waals surface area contributed by atoms with Crippen molar-refractivity contribution in [3.05, 3.63) is 82.5 Å². The molecule has 2 N–H and O–H groups in total. The highest BCUT2D eigenvalue weighted by Crippen LogP contribution is 2.23. The lowest BCUT2D eigenvalue weighted by Gasteiger charge is -2.11. The maximum absolute atomic E-state index is 12.4. The standard InChI is InChI=1S/C21H20ClN3O2/c1-14-11-17(22)5-8-19(14)25-20-12-16(9-10-23-20)21(26)24-13-15-3-6-18(27-2)7-4-15/h3-12H,13H2,1-2H3,(H,23,25)(H,24,26). The number of nitrogens with zero attached hydrogens (tertiary/aromatic N) is 1. The minimum absolute atomic E-state index is 0.163. The molecule has 1 heterocycles. The molecule has 0 fully saturated rings. The third kappa shape index (κ3) is 4.99. The maximum Gasteiger partial charge on any atom is 0.251 e. The van der Waals surface area contributed by atoms with Crippen molar-refractivity contribution in [2.45, 2.75) is 13.5 Å². The fourth-order valence-corrected chi connectivity index (χ4v) is 2.80. The molecule has 0 saturated carbocycles. The van der Waals surface area contributed by atoms with Gasteiger partial charge in [0.05, 0.1) is 7.11 Å². The van der Waals surface area contributed by atoms with Gasteiger partial charge in [0, 0.05) is 29.0 Å². The van der Waals surface area contributed by atoms with Gasteiger partial charge in [-0.3, -0.25) is 4.79 Å². The molecule has 0 aliphatic carbocycles. The molecule has 138 valence electrons. The normalized spacial score (nSPS) is 10.3. The highest BCUT2D eigenvalue weighted by atomic mass is 35.5. The van der Waals surface area contributed by atoms with Gasteiger partial charge in [0.1, 0.15) is 11.6 Å². The number of hydrogen-bond acceptors (Lipinski definition) is 4. The average molecular weight is 382 g/mol. The average Bonchev–Trinajstić information content (AvgIpc) is 2.69. The van der Waals surface area contributed by atoms with E-state index >= 15 is 0 Å². The zero-order valence-electron chi connectivity index (χ0n) is 15.1. The largest absolute Gasteiger partial charge is 0.497 e. The van der Waals surface area contributed by atoms with Crippen molar-refractivity contribution in [3.63, 3.8) is 0 Å². The molecule has 3 rings (SSSR count). The number of methoxy groups -OCH3 is 1. The summed E-state index contributed by atoms with van der Waals surface area (Å²) in [6, 6.07) is 16.5. The number of anilines is 2. The van der Waals surface area contributed by atoms with Crippen LogP contribution in [0.4, 0.5) is 11.5 Å². The van der Waals surface area contributed by atoms with Crippen LogP contribution in [-0.2, 0) is 6.54 Å². The number of aryl methyl sites for hydroxylation is 1. The monoisotopic (exact) mass is 381 g/mol. The number of ether oxygens (including phenoxy) is 1. The van der Waals surface area contributed by atoms with Gasteiger partial charge in [-0.2, -0.15) is 0 Å². The number of pyridine rings is 1. The highest BCUT2D eigenvalue weighted by molar-refractivity contribution is 6.30. The van der Waals surface area contributed by atoms with E-state index in [0.29, 0.717) is 22.9 Å². The van der Waals surface area contributed by atoms with Crippen LogP contribution in [0, 0.1) is 6.92 Å². The molecule has 0 unspecified atom stereocenters. The van der Waals surface area contributed by atoms with Crippen molar-refractivity contribution in [2.24, 2.45) is 0 Å². The number of nitrogens with one attached hydrogen (secondary N) is 2. The first kappa shape index (κ1) is 18.7. The van der Waals surface area contributed by atoms with Gasteiger partial charge >= 0.3 is 0 Å². The van der Waals surface area contributed by atoms with E-state index in [1.807, 2.05) is 49.4 Å². The van der Waals surface area contributed by atoms with Crippen molar-refractivity contribution in [3.8, 4) is 5.75 Å². The van der Waals surface area contributed by atoms with Crippen LogP contribution < -0.4 is 15.4 Å². The molecular formula is C21H20ClN3O2. The molecule has 0 atom stereocenters. The number of benzene rings is 2. The summed E-state index contributed by atoms with van der Waals surface area (Å²) in [5, 5.41) is 6.81. The summed E-state index contributed by atoms with van der Waals surface area (Å²) >= 11 is 5.99. The number of carbonyl (C=O) groups excluding carboxylic acids is 1. The molecule has 2 aromatic carbocycles. The van der Waals surface area contributed by atoms with Gasteiger partial charge in [0.15, 0.2) is 0 Å². The SMILES string of the molecule is COc1ccc(CNC(=O)c2ccnc(Nc3ccc(Cl)cc3C)c2)cc1. The third-order valence-electron chi connectivity index (χ3n) is 4.09. The van der Waals surface area contributed by atoms with Crippen LogP contribution in [0.15, 0.2) is 60.8 Å². The van der Waals surface area contributed by atoms with Gasteiger partial charge in [-0.05, 0) is 60.5 Å². The van der Waals surface area contributed by atoms with Gasteiger partial charge in [-0.15, -0.1) is 0 Å². The molecule has 1 aromatic heterocycles. The first-order chi connectivity index (χ1) is 13.0. The van der Waals surface area contributed by atoms with Crippen molar-refractivity contribution in [2.75, 3.05) is 12.4 Å². The van der Waals surface area contributed by atoms with E-state index in [4.69, 9.17) is 16.3 Å². The zero-order chi connectivity index (χ0) is 19.2. The predicted molar refractivity (Wildman–Crippen MR) is 108 cm³/mol. The number of aromatic nitrogens is 1. The molecule has 1 amide bonds. The molecule has 0 aliphatic heterocycles. The molecular weight excluding hydrogens is 362 g/mol. The lowest BCUT2D eigenvalue weighted by atomic mass is 10.2. The van der Waals surface area contributed by atoms with E-state index in [1.54, 1.807) is 25.4 Å². The highest BCUT2D eigenvalue weighted by Gasteiger charge is 2.08. The summed E-state index contributed by atoms with van der Waals surface area (Å²) in [6.45, 7) is 2.39. The molecule has 0 radical (unpaired) electrons. The Morgan fingerprint density at radius 2 is 1.89 bits per heavy atom. The minimum Gasteiger partial charge on any atom is -0.497 e. The van der Waals surface area contributed by atoms with E-state index in [-0.39, 0.29) is 5.91 Å². The van der Waals surface area contributed by atoms with Gasteiger partial charge in [-0.25, -0.2) is 4.98 Å². The Morgan fingerprint density at radius 1 is 1.11 bits per heavy atom. The molecule has 0 bridgehead atoms. The van der Waals surface area contributed by atoms with Gasteiger partial charge < -0.3 is 15.4 Å². The lowest BCUT2D eigenvalue weighted by Crippen LogP contribution is -2.22. The topological polar surface area (TPSA) is 63.2 Å². The summed E-state index contributed by atoms with van der Waals surface area (Å²) in [6.07, 6.45) is 1.61. The van der Waals surface area contributed by atoms with Crippen LogP contribution in [-0.4, -0.2) is 18.0 Å². The first-order valence-corrected chi connectivity index (χ1v) is 8.83. The first-order valence-electron chi connectivity index (χ1n) is 8.45. The summed E-state index contributed by atoms with van der Waals surface area (Å²) < 4.78 is 5.13. The van der Waals surface area contributed by atoms with Gasteiger partial charge in [0.25, 0.3) is 5.91 Å². The molecule has 0 aliphatic rings. The van der Waals surface area contributed by atoms with Crippen LogP contribution in [0.25, 0.3) is 0 Å². The molecule has 3 aromatic rings. The van der Waals surface area contributed by atoms with Crippen molar-refractivity contribution in [1.82, 2.24) is 10.3 Å². The second kappa shape index (κ2) is 8.56. The quantitative estimate of drug-likeness (QED) is 0.648. The van der Waals surface area contributed by atoms with Crippen LogP contribution in [0.2, 0.25) is 5.02 Å². The van der Waals surface area contributed by atoms with Gasteiger partial charge in [0.2, 0.25) is 0 Å². The number of carbonyl (C=O) groups is 1. The van der Waals surface area contributed by atoms with E-state index < -0.39 is 0 Å². The van der Waals surface area contributed by atoms with E-state index in [9.17, 15) is 4.79 Å². The Hall–Kier alpha value is -3.05. The van der Waals surface area contributed by atoms with Crippen LogP contribution in [0.3, 0.4) is 0 Å². The van der Waals surface area contributed by atoms with Crippen molar-refractivity contribution >= 4 is 29.0 Å². The Labute approximate surface area is 163 Å². The summed E-state index contributed by atoms with van der Waals surface area (Å²) in [4.78, 5) is 16.7. The molecule has 0 saturated heterocycles. The van der Waals surface area contributed by atoms with Crippen LogP contribution in [0.1, 0.15) is 21.5 Å². The molecule has 27 heavy (non-hydrogen) atoms. The smallest absolute Gasteiger partial charge is 0.251 e. The summed E-state index contributed by atoms with van der Waals surface area (Å²) in [5.41, 5.74) is 3.42. The fraction of sp³-hybridized carbons (Fsp3) is 0.143. The second-order valence-electron chi connectivity index (χ2n) is 6.04. The lowest BCUT2D eigenvalue weighted by molar-refractivity contribution is 0.0951. The Kier molecular flexibility index (Phi) is 5.94. The van der Waals surface area contributed by atoms with E-state index in [1.165, 1.54) is 0 Å². The minimum atomic E-state index is -0.163. The molecule has 0 spiro atoms. The maximum atomic E-state index is 12.4. The van der Waals surface area contributed by atoms with E-state index in [2.05, 4.69) is 15.6 Å². The van der Waals surface area contributed by atoms with Crippen LogP contribution in [0.5, 0.6) is 5.75 Å². The summed E-state index contributed by atoms with van der Waals surface area (Å²) in [5.74, 6) is 1.22.